The molecule has 1 heterocycles. The minimum atomic E-state index is -0.176. The lowest BCUT2D eigenvalue weighted by atomic mass is 10.1. The standard InChI is InChI=1S/C16H16BrN3O/c1-10(8-11-2-4-12(17)5-3-11)18-13-6-7-14-15(9-13)20-16(21)19-14/h2-7,9-10,18H,8H2,1H3,(H2,19,20,21). The van der Waals surface area contributed by atoms with Crippen molar-refractivity contribution in [3.05, 3.63) is 63.0 Å². The quantitative estimate of drug-likeness (QED) is 0.675. The maximum atomic E-state index is 11.3. The molecule has 2 aromatic carbocycles. The zero-order valence-corrected chi connectivity index (χ0v) is 13.2. The van der Waals surface area contributed by atoms with E-state index in [0.717, 1.165) is 27.6 Å². The van der Waals surface area contributed by atoms with Crippen molar-refractivity contribution in [2.24, 2.45) is 0 Å². The molecule has 0 aliphatic heterocycles. The van der Waals surface area contributed by atoms with E-state index in [1.807, 2.05) is 18.2 Å². The van der Waals surface area contributed by atoms with Crippen LogP contribution in [0.2, 0.25) is 0 Å². The first-order valence-corrected chi connectivity index (χ1v) is 7.62. The van der Waals surface area contributed by atoms with Gasteiger partial charge in [0.2, 0.25) is 0 Å². The molecule has 5 heteroatoms. The first-order valence-electron chi connectivity index (χ1n) is 6.83. The second kappa shape index (κ2) is 5.77. The summed E-state index contributed by atoms with van der Waals surface area (Å²) in [4.78, 5) is 16.8. The number of rotatable bonds is 4. The number of imidazole rings is 1. The van der Waals surface area contributed by atoms with E-state index in [4.69, 9.17) is 0 Å². The number of aromatic nitrogens is 2. The van der Waals surface area contributed by atoms with E-state index >= 15 is 0 Å². The number of fused-ring (bicyclic) bond motifs is 1. The Morgan fingerprint density at radius 2 is 1.81 bits per heavy atom. The molecule has 3 rings (SSSR count). The maximum absolute atomic E-state index is 11.3. The molecule has 1 atom stereocenters. The highest BCUT2D eigenvalue weighted by Crippen LogP contribution is 2.17. The van der Waals surface area contributed by atoms with Crippen LogP contribution in [0, 0.1) is 0 Å². The molecule has 1 unspecified atom stereocenters. The van der Waals surface area contributed by atoms with Gasteiger partial charge < -0.3 is 15.3 Å². The van der Waals surface area contributed by atoms with E-state index in [9.17, 15) is 4.79 Å². The highest BCUT2D eigenvalue weighted by Gasteiger charge is 2.05. The molecule has 0 saturated heterocycles. The van der Waals surface area contributed by atoms with E-state index in [2.05, 4.69) is 62.4 Å². The molecular weight excluding hydrogens is 330 g/mol. The average Bonchev–Trinajstić information content (AvgIpc) is 2.80. The van der Waals surface area contributed by atoms with E-state index < -0.39 is 0 Å². The molecule has 21 heavy (non-hydrogen) atoms. The number of benzene rings is 2. The molecule has 1 aromatic heterocycles. The van der Waals surface area contributed by atoms with Crippen LogP contribution in [-0.4, -0.2) is 16.0 Å². The van der Waals surface area contributed by atoms with Crippen LogP contribution in [0.15, 0.2) is 51.7 Å². The van der Waals surface area contributed by atoms with Crippen molar-refractivity contribution < 1.29 is 0 Å². The van der Waals surface area contributed by atoms with Crippen LogP contribution in [0.3, 0.4) is 0 Å². The number of H-pyrrole nitrogens is 2. The summed E-state index contributed by atoms with van der Waals surface area (Å²) < 4.78 is 1.09. The fourth-order valence-electron chi connectivity index (χ4n) is 2.43. The fraction of sp³-hybridized carbons (Fsp3) is 0.188. The molecule has 0 aliphatic carbocycles. The van der Waals surface area contributed by atoms with Crippen molar-refractivity contribution in [3.8, 4) is 0 Å². The fourth-order valence-corrected chi connectivity index (χ4v) is 2.70. The lowest BCUT2D eigenvalue weighted by Crippen LogP contribution is -2.17. The summed E-state index contributed by atoms with van der Waals surface area (Å²) in [5.74, 6) is 0. The lowest BCUT2D eigenvalue weighted by molar-refractivity contribution is 0.790. The Labute approximate surface area is 130 Å². The van der Waals surface area contributed by atoms with Crippen molar-refractivity contribution in [1.29, 1.82) is 0 Å². The summed E-state index contributed by atoms with van der Waals surface area (Å²) in [5.41, 5.74) is 3.76. The third-order valence-corrected chi connectivity index (χ3v) is 3.91. The predicted octanol–water partition coefficient (Wildman–Crippen LogP) is 3.66. The van der Waals surface area contributed by atoms with Crippen molar-refractivity contribution >= 4 is 32.7 Å². The molecule has 0 bridgehead atoms. The second-order valence-corrected chi connectivity index (χ2v) is 6.13. The summed E-state index contributed by atoms with van der Waals surface area (Å²) >= 11 is 3.44. The largest absolute Gasteiger partial charge is 0.382 e. The Morgan fingerprint density at radius 3 is 2.57 bits per heavy atom. The monoisotopic (exact) mass is 345 g/mol. The first kappa shape index (κ1) is 13.9. The topological polar surface area (TPSA) is 60.7 Å². The Kier molecular flexibility index (Phi) is 3.84. The molecule has 0 amide bonds. The molecule has 0 saturated carbocycles. The number of nitrogens with one attached hydrogen (secondary N) is 3. The molecule has 0 radical (unpaired) electrons. The van der Waals surface area contributed by atoms with E-state index in [1.165, 1.54) is 5.56 Å². The summed E-state index contributed by atoms with van der Waals surface area (Å²) in [5, 5.41) is 3.46. The van der Waals surface area contributed by atoms with Crippen LogP contribution in [0.4, 0.5) is 5.69 Å². The summed E-state index contributed by atoms with van der Waals surface area (Å²) in [6, 6.07) is 14.5. The third kappa shape index (κ3) is 3.36. The zero-order chi connectivity index (χ0) is 14.8. The van der Waals surface area contributed by atoms with Gasteiger partial charge in [-0.05, 0) is 49.2 Å². The van der Waals surface area contributed by atoms with Crippen LogP contribution in [0.1, 0.15) is 12.5 Å². The van der Waals surface area contributed by atoms with Crippen LogP contribution in [-0.2, 0) is 6.42 Å². The van der Waals surface area contributed by atoms with Gasteiger partial charge in [-0.2, -0.15) is 0 Å². The minimum Gasteiger partial charge on any atom is -0.382 e. The van der Waals surface area contributed by atoms with Crippen molar-refractivity contribution in [1.82, 2.24) is 9.97 Å². The van der Waals surface area contributed by atoms with Crippen LogP contribution < -0.4 is 11.0 Å². The van der Waals surface area contributed by atoms with Gasteiger partial charge in [-0.3, -0.25) is 0 Å². The van der Waals surface area contributed by atoms with Crippen LogP contribution in [0.25, 0.3) is 11.0 Å². The average molecular weight is 346 g/mol. The molecule has 3 N–H and O–H groups in total. The molecule has 0 spiro atoms. The Morgan fingerprint density at radius 1 is 1.10 bits per heavy atom. The molecule has 3 aromatic rings. The molecule has 4 nitrogen and oxygen atoms in total. The third-order valence-electron chi connectivity index (χ3n) is 3.38. The van der Waals surface area contributed by atoms with Gasteiger partial charge in [0.15, 0.2) is 0 Å². The van der Waals surface area contributed by atoms with E-state index in [0.29, 0.717) is 6.04 Å². The van der Waals surface area contributed by atoms with Gasteiger partial charge in [0.1, 0.15) is 0 Å². The normalized spacial score (nSPS) is 12.5. The zero-order valence-electron chi connectivity index (χ0n) is 11.6. The predicted molar refractivity (Wildman–Crippen MR) is 89.9 cm³/mol. The highest BCUT2D eigenvalue weighted by molar-refractivity contribution is 9.10. The van der Waals surface area contributed by atoms with Crippen LogP contribution in [0.5, 0.6) is 0 Å². The van der Waals surface area contributed by atoms with Gasteiger partial charge in [0, 0.05) is 16.2 Å². The molecule has 0 fully saturated rings. The van der Waals surface area contributed by atoms with Crippen molar-refractivity contribution in [2.45, 2.75) is 19.4 Å². The van der Waals surface area contributed by atoms with Gasteiger partial charge in [-0.25, -0.2) is 4.79 Å². The number of hydrogen-bond donors (Lipinski definition) is 3. The van der Waals surface area contributed by atoms with Crippen LogP contribution >= 0.6 is 15.9 Å². The summed E-state index contributed by atoms with van der Waals surface area (Å²) in [6.45, 7) is 2.14. The van der Waals surface area contributed by atoms with Gasteiger partial charge >= 0.3 is 5.69 Å². The molecule has 108 valence electrons. The number of aromatic amines is 2. The minimum absolute atomic E-state index is 0.176. The van der Waals surface area contributed by atoms with Gasteiger partial charge in [-0.1, -0.05) is 28.1 Å². The Bertz CT molecular complexity index is 804. The Balaban J connectivity index is 1.71. The van der Waals surface area contributed by atoms with Crippen molar-refractivity contribution in [2.75, 3.05) is 5.32 Å². The van der Waals surface area contributed by atoms with E-state index in [1.54, 1.807) is 0 Å². The smallest absolute Gasteiger partial charge is 0.323 e. The molecular formula is C16H16BrN3O. The lowest BCUT2D eigenvalue weighted by Gasteiger charge is -2.15. The second-order valence-electron chi connectivity index (χ2n) is 5.22. The molecule has 0 aliphatic rings. The van der Waals surface area contributed by atoms with Gasteiger partial charge in [0.25, 0.3) is 0 Å². The van der Waals surface area contributed by atoms with Gasteiger partial charge in [0.05, 0.1) is 11.0 Å². The number of hydrogen-bond acceptors (Lipinski definition) is 2. The summed E-state index contributed by atoms with van der Waals surface area (Å²) in [6.07, 6.45) is 0.939. The van der Waals surface area contributed by atoms with Crippen molar-refractivity contribution in [3.63, 3.8) is 0 Å². The van der Waals surface area contributed by atoms with Gasteiger partial charge in [-0.15, -0.1) is 0 Å². The summed E-state index contributed by atoms with van der Waals surface area (Å²) in [7, 11) is 0. The SMILES string of the molecule is CC(Cc1ccc(Br)cc1)Nc1ccc2[nH]c(=O)[nH]c2c1. The Hall–Kier alpha value is -2.01. The first-order chi connectivity index (χ1) is 10.1. The van der Waals surface area contributed by atoms with E-state index in [-0.39, 0.29) is 5.69 Å². The highest BCUT2D eigenvalue weighted by atomic mass is 79.9. The maximum Gasteiger partial charge on any atom is 0.323 e. The number of halogens is 1. The number of anilines is 1.